The lowest BCUT2D eigenvalue weighted by atomic mass is 10.1. The first kappa shape index (κ1) is 19.5. The van der Waals surface area contributed by atoms with Gasteiger partial charge in [-0.05, 0) is 32.0 Å². The molecule has 0 N–H and O–H groups in total. The predicted octanol–water partition coefficient (Wildman–Crippen LogP) is 4.37. The van der Waals surface area contributed by atoms with Gasteiger partial charge in [-0.1, -0.05) is 42.4 Å². The van der Waals surface area contributed by atoms with Gasteiger partial charge in [-0.3, -0.25) is 9.69 Å². The lowest BCUT2D eigenvalue weighted by Crippen LogP contribution is -2.26. The van der Waals surface area contributed by atoms with Gasteiger partial charge in [-0.2, -0.15) is 0 Å². The van der Waals surface area contributed by atoms with E-state index in [1.165, 1.54) is 12.8 Å². The monoisotopic (exact) mass is 393 g/mol. The van der Waals surface area contributed by atoms with Crippen LogP contribution in [0.15, 0.2) is 51.4 Å². The number of aryl methyl sites for hydroxylation is 1. The minimum absolute atomic E-state index is 0.142. The van der Waals surface area contributed by atoms with Gasteiger partial charge >= 0.3 is 0 Å². The number of amides is 1. The van der Waals surface area contributed by atoms with Gasteiger partial charge < -0.3 is 13.8 Å². The normalized spacial score (nSPS) is 14.4. The summed E-state index contributed by atoms with van der Waals surface area (Å²) in [6.45, 7) is 5.51. The lowest BCUT2D eigenvalue weighted by molar-refractivity contribution is 0.0748. The Morgan fingerprint density at radius 1 is 1.17 bits per heavy atom. The molecular weight excluding hydrogens is 366 g/mol. The standard InChI is InChI=1S/C23H27N3O3/c1-3-20-18(15-26-11-7-8-12-26)13-22(28-20)23(27)25(2)16-19-14-21(29-24-19)17-9-5-4-6-10-17/h4-6,9-10,13-14H,3,7-8,11-12,15-16H2,1-2H3. The average molecular weight is 393 g/mol. The third kappa shape index (κ3) is 4.43. The van der Waals surface area contributed by atoms with E-state index in [1.807, 2.05) is 42.5 Å². The van der Waals surface area contributed by atoms with Crippen molar-refractivity contribution in [3.63, 3.8) is 0 Å². The third-order valence-corrected chi connectivity index (χ3v) is 5.38. The number of aromatic nitrogens is 1. The number of carbonyl (C=O) groups excluding carboxylic acids is 1. The fourth-order valence-electron chi connectivity index (χ4n) is 3.81. The molecular formula is C23H27N3O3. The van der Waals surface area contributed by atoms with Crippen molar-refractivity contribution in [2.24, 2.45) is 0 Å². The van der Waals surface area contributed by atoms with Crippen LogP contribution < -0.4 is 0 Å². The quantitative estimate of drug-likeness (QED) is 0.597. The number of rotatable bonds is 7. The van der Waals surface area contributed by atoms with Gasteiger partial charge in [-0.25, -0.2) is 0 Å². The van der Waals surface area contributed by atoms with Crippen LogP contribution in [0.2, 0.25) is 0 Å². The molecule has 1 aliphatic heterocycles. The summed E-state index contributed by atoms with van der Waals surface area (Å²) in [6.07, 6.45) is 3.27. The molecule has 0 bridgehead atoms. The zero-order valence-electron chi connectivity index (χ0n) is 17.1. The van der Waals surface area contributed by atoms with Crippen LogP contribution in [0.1, 0.15) is 47.3 Å². The number of nitrogens with zero attached hydrogens (tertiary/aromatic N) is 3. The van der Waals surface area contributed by atoms with Crippen molar-refractivity contribution in [1.82, 2.24) is 15.0 Å². The van der Waals surface area contributed by atoms with E-state index in [4.69, 9.17) is 8.94 Å². The van der Waals surface area contributed by atoms with Gasteiger partial charge in [0.2, 0.25) is 0 Å². The summed E-state index contributed by atoms with van der Waals surface area (Å²) in [7, 11) is 1.76. The second-order valence-corrected chi connectivity index (χ2v) is 7.61. The van der Waals surface area contributed by atoms with Crippen LogP contribution in [-0.4, -0.2) is 41.0 Å². The molecule has 0 atom stereocenters. The van der Waals surface area contributed by atoms with Crippen LogP contribution in [0.4, 0.5) is 0 Å². The maximum Gasteiger partial charge on any atom is 0.289 e. The molecule has 0 saturated carbocycles. The summed E-state index contributed by atoms with van der Waals surface area (Å²) < 4.78 is 11.3. The van der Waals surface area contributed by atoms with Crippen LogP contribution in [0.3, 0.4) is 0 Å². The Bertz CT molecular complexity index is 955. The number of carbonyl (C=O) groups is 1. The minimum Gasteiger partial charge on any atom is -0.456 e. The molecule has 6 nitrogen and oxygen atoms in total. The van der Waals surface area contributed by atoms with Crippen LogP contribution in [0, 0.1) is 0 Å². The zero-order chi connectivity index (χ0) is 20.2. The molecule has 0 radical (unpaired) electrons. The molecule has 3 heterocycles. The van der Waals surface area contributed by atoms with Crippen LogP contribution >= 0.6 is 0 Å². The van der Waals surface area contributed by atoms with Crippen molar-refractivity contribution < 1.29 is 13.7 Å². The van der Waals surface area contributed by atoms with Gasteiger partial charge in [0.1, 0.15) is 11.5 Å². The molecule has 29 heavy (non-hydrogen) atoms. The van der Waals surface area contributed by atoms with Gasteiger partial charge in [0, 0.05) is 37.2 Å². The van der Waals surface area contributed by atoms with Gasteiger partial charge in [0.15, 0.2) is 11.5 Å². The SMILES string of the molecule is CCc1oc(C(=O)N(C)Cc2cc(-c3ccccc3)on2)cc1CN1CCCC1. The van der Waals surface area contributed by atoms with Crippen LogP contribution in [0.5, 0.6) is 0 Å². The molecule has 0 unspecified atom stereocenters. The first-order chi connectivity index (χ1) is 14.1. The first-order valence-corrected chi connectivity index (χ1v) is 10.2. The molecule has 1 amide bonds. The average Bonchev–Trinajstić information content (AvgIpc) is 3.49. The Hall–Kier alpha value is -2.86. The second-order valence-electron chi connectivity index (χ2n) is 7.61. The van der Waals surface area contributed by atoms with Crippen molar-refractivity contribution in [1.29, 1.82) is 0 Å². The van der Waals surface area contributed by atoms with Gasteiger partial charge in [0.25, 0.3) is 5.91 Å². The topological polar surface area (TPSA) is 62.7 Å². The highest BCUT2D eigenvalue weighted by Crippen LogP contribution is 2.23. The molecule has 6 heteroatoms. The Morgan fingerprint density at radius 3 is 2.66 bits per heavy atom. The van der Waals surface area contributed by atoms with E-state index in [1.54, 1.807) is 11.9 Å². The number of hydrogen-bond donors (Lipinski definition) is 0. The van der Waals surface area contributed by atoms with E-state index >= 15 is 0 Å². The third-order valence-electron chi connectivity index (χ3n) is 5.38. The summed E-state index contributed by atoms with van der Waals surface area (Å²) in [5.74, 6) is 1.85. The van der Waals surface area contributed by atoms with Crippen LogP contribution in [0.25, 0.3) is 11.3 Å². The van der Waals surface area contributed by atoms with E-state index < -0.39 is 0 Å². The summed E-state index contributed by atoms with van der Waals surface area (Å²) in [6, 6.07) is 13.6. The smallest absolute Gasteiger partial charge is 0.289 e. The molecule has 1 aliphatic rings. The molecule has 0 aliphatic carbocycles. The highest BCUT2D eigenvalue weighted by atomic mass is 16.5. The van der Waals surface area contributed by atoms with E-state index in [9.17, 15) is 4.79 Å². The Morgan fingerprint density at radius 2 is 1.93 bits per heavy atom. The molecule has 1 fully saturated rings. The first-order valence-electron chi connectivity index (χ1n) is 10.2. The highest BCUT2D eigenvalue weighted by molar-refractivity contribution is 5.91. The largest absolute Gasteiger partial charge is 0.456 e. The van der Waals surface area contributed by atoms with E-state index in [0.29, 0.717) is 23.8 Å². The van der Waals surface area contributed by atoms with Gasteiger partial charge in [-0.15, -0.1) is 0 Å². The number of benzene rings is 1. The highest BCUT2D eigenvalue weighted by Gasteiger charge is 2.22. The summed E-state index contributed by atoms with van der Waals surface area (Å²) in [5, 5.41) is 4.11. The lowest BCUT2D eigenvalue weighted by Gasteiger charge is -2.13. The van der Waals surface area contributed by atoms with E-state index in [2.05, 4.69) is 17.0 Å². The van der Waals surface area contributed by atoms with Crippen molar-refractivity contribution >= 4 is 5.91 Å². The molecule has 1 saturated heterocycles. The number of hydrogen-bond acceptors (Lipinski definition) is 5. The molecule has 1 aromatic carbocycles. The van der Waals surface area contributed by atoms with E-state index in [0.717, 1.165) is 42.9 Å². The number of furan rings is 1. The molecule has 3 aromatic rings. The maximum absolute atomic E-state index is 12.9. The van der Waals surface area contributed by atoms with Crippen molar-refractivity contribution in [2.75, 3.05) is 20.1 Å². The Balaban J connectivity index is 1.44. The van der Waals surface area contributed by atoms with Crippen molar-refractivity contribution in [3.8, 4) is 11.3 Å². The molecule has 4 rings (SSSR count). The van der Waals surface area contributed by atoms with E-state index in [-0.39, 0.29) is 5.91 Å². The predicted molar refractivity (Wildman–Crippen MR) is 110 cm³/mol. The van der Waals surface area contributed by atoms with Crippen LogP contribution in [-0.2, 0) is 19.5 Å². The second kappa shape index (κ2) is 8.66. The van der Waals surface area contributed by atoms with Crippen molar-refractivity contribution in [3.05, 3.63) is 65.2 Å². The Kier molecular flexibility index (Phi) is 5.81. The number of likely N-dealkylation sites (tertiary alicyclic amines) is 1. The van der Waals surface area contributed by atoms with Gasteiger partial charge in [0.05, 0.1) is 6.54 Å². The summed E-state index contributed by atoms with van der Waals surface area (Å²) in [5.41, 5.74) is 2.80. The fraction of sp³-hybridized carbons (Fsp3) is 0.391. The minimum atomic E-state index is -0.142. The molecule has 0 spiro atoms. The maximum atomic E-state index is 12.9. The summed E-state index contributed by atoms with van der Waals surface area (Å²) >= 11 is 0. The molecule has 152 valence electrons. The Labute approximate surface area is 171 Å². The summed E-state index contributed by atoms with van der Waals surface area (Å²) in [4.78, 5) is 16.9. The zero-order valence-corrected chi connectivity index (χ0v) is 17.1. The van der Waals surface area contributed by atoms with Crippen molar-refractivity contribution in [2.45, 2.75) is 39.3 Å². The molecule has 2 aromatic heterocycles. The fourth-order valence-corrected chi connectivity index (χ4v) is 3.81.